The monoisotopic (exact) mass is 320 g/mol. The fourth-order valence-electron chi connectivity index (χ4n) is 2.98. The van der Waals surface area contributed by atoms with E-state index in [1.54, 1.807) is 18.6 Å². The van der Waals surface area contributed by atoms with Gasteiger partial charge in [-0.25, -0.2) is 4.98 Å². The molecule has 6 heteroatoms. The van der Waals surface area contributed by atoms with Crippen molar-refractivity contribution in [2.24, 2.45) is 0 Å². The zero-order valence-electron chi connectivity index (χ0n) is 13.4. The number of fused-ring (bicyclic) bond motifs is 1. The van der Waals surface area contributed by atoms with Crippen LogP contribution in [0.25, 0.3) is 10.9 Å². The Morgan fingerprint density at radius 1 is 1.12 bits per heavy atom. The highest BCUT2D eigenvalue weighted by Crippen LogP contribution is 2.20. The summed E-state index contributed by atoms with van der Waals surface area (Å²) >= 11 is 0. The Balaban J connectivity index is 1.50. The minimum absolute atomic E-state index is 0.412. The van der Waals surface area contributed by atoms with Crippen molar-refractivity contribution in [3.05, 3.63) is 48.9 Å². The van der Waals surface area contributed by atoms with Gasteiger partial charge in [-0.15, -0.1) is 0 Å². The van der Waals surface area contributed by atoms with Gasteiger partial charge in [0.2, 0.25) is 0 Å². The lowest BCUT2D eigenvalue weighted by atomic mass is 10.1. The summed E-state index contributed by atoms with van der Waals surface area (Å²) in [5, 5.41) is 11.3. The van der Waals surface area contributed by atoms with Crippen LogP contribution in [0.5, 0.6) is 0 Å². The first-order valence-electron chi connectivity index (χ1n) is 8.28. The molecule has 0 aliphatic carbocycles. The molecule has 1 aliphatic heterocycles. The highest BCUT2D eigenvalue weighted by atomic mass is 15.1. The van der Waals surface area contributed by atoms with Crippen LogP contribution in [0.2, 0.25) is 0 Å². The van der Waals surface area contributed by atoms with E-state index in [0.717, 1.165) is 47.7 Å². The number of rotatable bonds is 4. The standard InChI is InChI=1S/C18H20N6/c1-3-13-9-14(5-6-16(13)21-8-1)22-17-11-20-12-18(24-17)23-15-4-2-7-19-10-15/h1,3,5-6,8-9,11-12,15,19H,2,4,7,10H2,(H2,22,23,24)/t15-/m0/s1. The van der Waals surface area contributed by atoms with Crippen LogP contribution in [0, 0.1) is 0 Å². The fourth-order valence-corrected chi connectivity index (χ4v) is 2.98. The molecule has 3 aromatic rings. The van der Waals surface area contributed by atoms with Gasteiger partial charge in [-0.1, -0.05) is 6.07 Å². The highest BCUT2D eigenvalue weighted by Gasteiger charge is 2.13. The molecule has 3 heterocycles. The molecule has 0 bridgehead atoms. The maximum atomic E-state index is 4.61. The van der Waals surface area contributed by atoms with E-state index in [1.165, 1.54) is 6.42 Å². The summed E-state index contributed by atoms with van der Waals surface area (Å²) in [7, 11) is 0. The number of pyridine rings is 1. The van der Waals surface area contributed by atoms with Crippen molar-refractivity contribution in [1.82, 2.24) is 20.3 Å². The summed E-state index contributed by atoms with van der Waals surface area (Å²) in [6.45, 7) is 2.07. The van der Waals surface area contributed by atoms with Crippen molar-refractivity contribution in [3.63, 3.8) is 0 Å². The topological polar surface area (TPSA) is 74.8 Å². The van der Waals surface area contributed by atoms with E-state index >= 15 is 0 Å². The third kappa shape index (κ3) is 3.44. The van der Waals surface area contributed by atoms with Crippen LogP contribution in [-0.4, -0.2) is 34.1 Å². The van der Waals surface area contributed by atoms with Crippen molar-refractivity contribution < 1.29 is 0 Å². The predicted molar refractivity (Wildman–Crippen MR) is 96.6 cm³/mol. The Morgan fingerprint density at radius 3 is 3.00 bits per heavy atom. The zero-order valence-corrected chi connectivity index (χ0v) is 13.4. The molecule has 0 unspecified atom stereocenters. The van der Waals surface area contributed by atoms with Gasteiger partial charge in [-0.2, -0.15) is 0 Å². The lowest BCUT2D eigenvalue weighted by molar-refractivity contribution is 0.479. The molecule has 24 heavy (non-hydrogen) atoms. The molecule has 1 fully saturated rings. The Kier molecular flexibility index (Phi) is 4.20. The highest BCUT2D eigenvalue weighted by molar-refractivity contribution is 5.83. The Bertz CT molecular complexity index is 828. The molecule has 0 amide bonds. The van der Waals surface area contributed by atoms with Crippen LogP contribution in [-0.2, 0) is 0 Å². The Morgan fingerprint density at radius 2 is 2.08 bits per heavy atom. The van der Waals surface area contributed by atoms with Gasteiger partial charge in [0.05, 0.1) is 17.9 Å². The molecule has 2 aromatic heterocycles. The minimum atomic E-state index is 0.412. The average molecular weight is 320 g/mol. The molecule has 1 saturated heterocycles. The SMILES string of the molecule is c1cnc2ccc(Nc3cncc(N[C@H]4CCCNC4)n3)cc2c1. The number of hydrogen-bond acceptors (Lipinski definition) is 6. The molecule has 6 nitrogen and oxygen atoms in total. The molecule has 1 atom stereocenters. The van der Waals surface area contributed by atoms with Gasteiger partial charge in [-0.3, -0.25) is 9.97 Å². The van der Waals surface area contributed by atoms with E-state index in [4.69, 9.17) is 0 Å². The summed E-state index contributed by atoms with van der Waals surface area (Å²) < 4.78 is 0. The lowest BCUT2D eigenvalue weighted by Gasteiger charge is -2.24. The normalized spacial score (nSPS) is 17.6. The Hall–Kier alpha value is -2.73. The second-order valence-electron chi connectivity index (χ2n) is 6.01. The molecular formula is C18H20N6. The van der Waals surface area contributed by atoms with Crippen LogP contribution in [0.1, 0.15) is 12.8 Å². The van der Waals surface area contributed by atoms with Gasteiger partial charge in [0.15, 0.2) is 5.82 Å². The summed E-state index contributed by atoms with van der Waals surface area (Å²) in [5.41, 5.74) is 1.95. The lowest BCUT2D eigenvalue weighted by Crippen LogP contribution is -2.38. The third-order valence-electron chi connectivity index (χ3n) is 4.16. The molecule has 3 N–H and O–H groups in total. The third-order valence-corrected chi connectivity index (χ3v) is 4.16. The fraction of sp³-hybridized carbons (Fsp3) is 0.278. The van der Waals surface area contributed by atoms with E-state index in [1.807, 2.05) is 24.3 Å². The van der Waals surface area contributed by atoms with Crippen LogP contribution in [0.3, 0.4) is 0 Å². The maximum Gasteiger partial charge on any atom is 0.151 e. The first-order valence-corrected chi connectivity index (χ1v) is 8.28. The number of piperidine rings is 1. The first-order chi connectivity index (χ1) is 11.9. The van der Waals surface area contributed by atoms with Crippen molar-refractivity contribution in [1.29, 1.82) is 0 Å². The maximum absolute atomic E-state index is 4.61. The number of benzene rings is 1. The van der Waals surface area contributed by atoms with Crippen LogP contribution in [0.15, 0.2) is 48.9 Å². The van der Waals surface area contributed by atoms with E-state index in [9.17, 15) is 0 Å². The molecule has 0 saturated carbocycles. The van der Waals surface area contributed by atoms with Gasteiger partial charge >= 0.3 is 0 Å². The summed E-state index contributed by atoms with van der Waals surface area (Å²) in [4.78, 5) is 13.2. The predicted octanol–water partition coefficient (Wildman–Crippen LogP) is 2.93. The summed E-state index contributed by atoms with van der Waals surface area (Å²) in [6.07, 6.45) is 7.65. The number of anilines is 3. The van der Waals surface area contributed by atoms with Crippen LogP contribution >= 0.6 is 0 Å². The second-order valence-corrected chi connectivity index (χ2v) is 6.01. The number of hydrogen-bond donors (Lipinski definition) is 3. The molecular weight excluding hydrogens is 300 g/mol. The van der Waals surface area contributed by atoms with E-state index in [0.29, 0.717) is 6.04 Å². The van der Waals surface area contributed by atoms with Gasteiger partial charge in [0.25, 0.3) is 0 Å². The van der Waals surface area contributed by atoms with Crippen LogP contribution in [0.4, 0.5) is 17.3 Å². The molecule has 4 rings (SSSR count). The number of nitrogens with zero attached hydrogens (tertiary/aromatic N) is 3. The largest absolute Gasteiger partial charge is 0.365 e. The molecule has 0 radical (unpaired) electrons. The van der Waals surface area contributed by atoms with E-state index in [-0.39, 0.29) is 0 Å². The van der Waals surface area contributed by atoms with Gasteiger partial charge in [-0.05, 0) is 43.7 Å². The van der Waals surface area contributed by atoms with Gasteiger partial charge in [0, 0.05) is 29.9 Å². The van der Waals surface area contributed by atoms with Crippen LogP contribution < -0.4 is 16.0 Å². The van der Waals surface area contributed by atoms with Crippen molar-refractivity contribution in [2.45, 2.75) is 18.9 Å². The molecule has 0 spiro atoms. The first kappa shape index (κ1) is 14.8. The second kappa shape index (κ2) is 6.80. The Labute approximate surface area is 140 Å². The average Bonchev–Trinajstić information content (AvgIpc) is 2.63. The van der Waals surface area contributed by atoms with Crippen molar-refractivity contribution >= 4 is 28.2 Å². The molecule has 1 aliphatic rings. The number of nitrogens with one attached hydrogen (secondary N) is 3. The molecule has 1 aromatic carbocycles. The smallest absolute Gasteiger partial charge is 0.151 e. The summed E-state index contributed by atoms with van der Waals surface area (Å²) in [6, 6.07) is 10.5. The van der Waals surface area contributed by atoms with Gasteiger partial charge in [0.1, 0.15) is 5.82 Å². The zero-order chi connectivity index (χ0) is 16.2. The minimum Gasteiger partial charge on any atom is -0.365 e. The van der Waals surface area contributed by atoms with Crippen molar-refractivity contribution in [2.75, 3.05) is 23.7 Å². The van der Waals surface area contributed by atoms with E-state index < -0.39 is 0 Å². The van der Waals surface area contributed by atoms with E-state index in [2.05, 4.69) is 37.0 Å². The van der Waals surface area contributed by atoms with Crippen molar-refractivity contribution in [3.8, 4) is 0 Å². The summed E-state index contributed by atoms with van der Waals surface area (Å²) in [5.74, 6) is 1.53. The number of aromatic nitrogens is 3. The molecule has 122 valence electrons. The van der Waals surface area contributed by atoms with Gasteiger partial charge < -0.3 is 16.0 Å². The quantitative estimate of drug-likeness (QED) is 0.686.